The van der Waals surface area contributed by atoms with Crippen LogP contribution in [-0.4, -0.2) is 50.2 Å². The zero-order valence-corrected chi connectivity index (χ0v) is 17.7. The van der Waals surface area contributed by atoms with E-state index in [1.54, 1.807) is 31.3 Å². The van der Waals surface area contributed by atoms with Gasteiger partial charge in [0.25, 0.3) is 0 Å². The van der Waals surface area contributed by atoms with Crippen LogP contribution in [0.3, 0.4) is 0 Å². The molecule has 1 fully saturated rings. The molecule has 8 heteroatoms. The van der Waals surface area contributed by atoms with E-state index in [0.29, 0.717) is 24.1 Å². The quantitative estimate of drug-likeness (QED) is 0.355. The van der Waals surface area contributed by atoms with Crippen molar-refractivity contribution in [1.29, 1.82) is 0 Å². The molecule has 148 valence electrons. The smallest absolute Gasteiger partial charge is 0.387 e. The molecule has 1 aromatic rings. The summed E-state index contributed by atoms with van der Waals surface area (Å²) in [5.74, 6) is 0.870. The fourth-order valence-electron chi connectivity index (χ4n) is 3.04. The lowest BCUT2D eigenvalue weighted by atomic mass is 10.1. The van der Waals surface area contributed by atoms with Gasteiger partial charge in [-0.2, -0.15) is 8.78 Å². The maximum atomic E-state index is 12.5. The fourth-order valence-corrected chi connectivity index (χ4v) is 3.04. The van der Waals surface area contributed by atoms with Gasteiger partial charge in [-0.3, -0.25) is 4.99 Å². The Kier molecular flexibility index (Phi) is 10.8. The topological polar surface area (TPSA) is 48.9 Å². The summed E-state index contributed by atoms with van der Waals surface area (Å²) in [6.45, 7) is 3.08. The van der Waals surface area contributed by atoms with Gasteiger partial charge in [-0.05, 0) is 31.9 Å². The summed E-state index contributed by atoms with van der Waals surface area (Å²) < 4.78 is 29.5. The van der Waals surface area contributed by atoms with Gasteiger partial charge in [-0.25, -0.2) is 0 Å². The molecule has 0 aromatic heterocycles. The van der Waals surface area contributed by atoms with Crippen LogP contribution in [0.25, 0.3) is 0 Å². The van der Waals surface area contributed by atoms with Crippen molar-refractivity contribution in [3.8, 4) is 5.75 Å². The second-order valence-corrected chi connectivity index (χ2v) is 6.17. The van der Waals surface area contributed by atoms with Gasteiger partial charge < -0.3 is 20.3 Å². The molecule has 0 atom stereocenters. The summed E-state index contributed by atoms with van der Waals surface area (Å²) in [5, 5.41) is 6.61. The molecule has 0 unspecified atom stereocenters. The Hall–Kier alpha value is -1.16. The van der Waals surface area contributed by atoms with Crippen molar-refractivity contribution in [2.45, 2.75) is 45.4 Å². The molecule has 2 N–H and O–H groups in total. The van der Waals surface area contributed by atoms with Gasteiger partial charge in [0, 0.05) is 38.3 Å². The Labute approximate surface area is 171 Å². The molecule has 1 saturated heterocycles. The Morgan fingerprint density at radius 2 is 2.00 bits per heavy atom. The first-order chi connectivity index (χ1) is 12.1. The summed E-state index contributed by atoms with van der Waals surface area (Å²) in [6, 6.07) is 7.17. The Morgan fingerprint density at radius 3 is 2.62 bits per heavy atom. The van der Waals surface area contributed by atoms with Crippen molar-refractivity contribution in [1.82, 2.24) is 15.5 Å². The fraction of sp³-hybridized carbons (Fsp3) is 0.611. The number of hydrogen-bond donors (Lipinski definition) is 2. The third-order valence-electron chi connectivity index (χ3n) is 4.33. The molecule has 26 heavy (non-hydrogen) atoms. The minimum absolute atomic E-state index is 0. The number of benzene rings is 1. The van der Waals surface area contributed by atoms with Gasteiger partial charge in [0.15, 0.2) is 5.96 Å². The summed E-state index contributed by atoms with van der Waals surface area (Å²) in [4.78, 5) is 6.71. The first kappa shape index (κ1) is 22.9. The summed E-state index contributed by atoms with van der Waals surface area (Å²) in [7, 11) is 1.71. The van der Waals surface area contributed by atoms with Crippen LogP contribution in [-0.2, 0) is 6.54 Å². The highest BCUT2D eigenvalue weighted by Crippen LogP contribution is 2.20. The number of hydrogen-bond acceptors (Lipinski definition) is 3. The summed E-state index contributed by atoms with van der Waals surface area (Å²) in [6.07, 6.45) is 3.33. The lowest BCUT2D eigenvalue weighted by Gasteiger charge is -2.32. The summed E-state index contributed by atoms with van der Waals surface area (Å²) in [5.41, 5.74) is 0.670. The normalized spacial score (nSPS) is 16.3. The molecular formula is C18H29F2IN4O. The number of guanidine groups is 1. The zero-order valence-electron chi connectivity index (χ0n) is 15.4. The van der Waals surface area contributed by atoms with Crippen LogP contribution in [0.4, 0.5) is 8.78 Å². The molecule has 1 aromatic carbocycles. The van der Waals surface area contributed by atoms with E-state index in [1.807, 2.05) is 0 Å². The molecular weight excluding hydrogens is 453 g/mol. The maximum Gasteiger partial charge on any atom is 0.387 e. The predicted octanol–water partition coefficient (Wildman–Crippen LogP) is 3.45. The van der Waals surface area contributed by atoms with Crippen LogP contribution in [0.2, 0.25) is 0 Å². The average molecular weight is 482 g/mol. The largest absolute Gasteiger partial charge is 0.434 e. The van der Waals surface area contributed by atoms with Crippen LogP contribution < -0.4 is 15.4 Å². The number of alkyl halides is 2. The Morgan fingerprint density at radius 1 is 1.31 bits per heavy atom. The third-order valence-corrected chi connectivity index (χ3v) is 4.33. The molecule has 0 spiro atoms. The molecule has 0 radical (unpaired) electrons. The van der Waals surface area contributed by atoms with Crippen molar-refractivity contribution < 1.29 is 13.5 Å². The van der Waals surface area contributed by atoms with Gasteiger partial charge in [-0.1, -0.05) is 25.1 Å². The van der Waals surface area contributed by atoms with Crippen molar-refractivity contribution in [3.63, 3.8) is 0 Å². The van der Waals surface area contributed by atoms with Crippen molar-refractivity contribution in [2.75, 3.05) is 26.7 Å². The van der Waals surface area contributed by atoms with Crippen molar-refractivity contribution in [2.24, 2.45) is 4.99 Å². The predicted molar refractivity (Wildman–Crippen MR) is 112 cm³/mol. The second-order valence-electron chi connectivity index (χ2n) is 6.17. The highest BCUT2D eigenvalue weighted by atomic mass is 127. The third kappa shape index (κ3) is 7.61. The number of aliphatic imine (C=N–C) groups is 1. The number of para-hydroxylation sites is 1. The minimum atomic E-state index is -2.83. The second kappa shape index (κ2) is 12.3. The van der Waals surface area contributed by atoms with Crippen LogP contribution in [0, 0.1) is 0 Å². The number of ether oxygens (including phenoxy) is 1. The maximum absolute atomic E-state index is 12.5. The van der Waals surface area contributed by atoms with E-state index in [1.165, 1.54) is 6.42 Å². The van der Waals surface area contributed by atoms with Gasteiger partial charge in [0.2, 0.25) is 0 Å². The number of likely N-dealkylation sites (tertiary alicyclic amines) is 1. The molecule has 5 nitrogen and oxygen atoms in total. The Bertz CT molecular complexity index is 552. The number of nitrogens with one attached hydrogen (secondary N) is 2. The van der Waals surface area contributed by atoms with E-state index >= 15 is 0 Å². The van der Waals surface area contributed by atoms with Crippen LogP contribution >= 0.6 is 24.0 Å². The molecule has 0 amide bonds. The number of rotatable bonds is 7. The molecule has 0 saturated carbocycles. The van der Waals surface area contributed by atoms with E-state index in [9.17, 15) is 8.78 Å². The molecule has 1 heterocycles. The minimum Gasteiger partial charge on any atom is -0.434 e. The molecule has 1 aliphatic rings. The first-order valence-electron chi connectivity index (χ1n) is 8.84. The van der Waals surface area contributed by atoms with Gasteiger partial charge in [0.05, 0.1) is 0 Å². The zero-order chi connectivity index (χ0) is 18.1. The van der Waals surface area contributed by atoms with Gasteiger partial charge >= 0.3 is 6.61 Å². The van der Waals surface area contributed by atoms with Crippen molar-refractivity contribution >= 4 is 29.9 Å². The number of nitrogens with zero attached hydrogens (tertiary/aromatic N) is 2. The monoisotopic (exact) mass is 482 g/mol. The molecule has 1 aliphatic heterocycles. The standard InChI is InChI=1S/C18H28F2N4O.HI/c1-3-10-24-11-8-15(9-12-24)23-18(21-2)22-13-14-6-4-5-7-16(14)25-17(19)20;/h4-7,15,17H,3,8-13H2,1-2H3,(H2,21,22,23);1H. The van der Waals surface area contributed by atoms with Crippen molar-refractivity contribution in [3.05, 3.63) is 29.8 Å². The summed E-state index contributed by atoms with van der Waals surface area (Å²) >= 11 is 0. The van der Waals surface area contributed by atoms with E-state index < -0.39 is 6.61 Å². The Balaban J connectivity index is 0.00000338. The number of halogens is 3. The van der Waals surface area contributed by atoms with Crippen LogP contribution in [0.5, 0.6) is 5.75 Å². The lowest BCUT2D eigenvalue weighted by Crippen LogP contribution is -2.48. The molecule has 0 bridgehead atoms. The van der Waals surface area contributed by atoms with E-state index in [-0.39, 0.29) is 29.7 Å². The van der Waals surface area contributed by atoms with E-state index in [0.717, 1.165) is 32.5 Å². The molecule has 2 rings (SSSR count). The highest BCUT2D eigenvalue weighted by Gasteiger charge is 2.19. The lowest BCUT2D eigenvalue weighted by molar-refractivity contribution is -0.0504. The van der Waals surface area contributed by atoms with E-state index in [4.69, 9.17) is 0 Å². The van der Waals surface area contributed by atoms with E-state index in [2.05, 4.69) is 32.2 Å². The highest BCUT2D eigenvalue weighted by molar-refractivity contribution is 14.0. The number of piperidine rings is 1. The average Bonchev–Trinajstić information content (AvgIpc) is 2.61. The van der Waals surface area contributed by atoms with Gasteiger partial charge in [0.1, 0.15) is 5.75 Å². The SMILES string of the molecule is CCCN1CCC(NC(=NC)NCc2ccccc2OC(F)F)CC1.I. The van der Waals surface area contributed by atoms with Crippen LogP contribution in [0.15, 0.2) is 29.3 Å². The first-order valence-corrected chi connectivity index (χ1v) is 8.84. The van der Waals surface area contributed by atoms with Gasteiger partial charge in [-0.15, -0.1) is 24.0 Å². The molecule has 0 aliphatic carbocycles. The van der Waals surface area contributed by atoms with Crippen LogP contribution in [0.1, 0.15) is 31.7 Å².